The summed E-state index contributed by atoms with van der Waals surface area (Å²) in [5.41, 5.74) is 1.03. The molecule has 5 nitrogen and oxygen atoms in total. The summed E-state index contributed by atoms with van der Waals surface area (Å²) in [4.78, 5) is 2.10. The molecule has 0 bridgehead atoms. The molecule has 0 radical (unpaired) electrons. The van der Waals surface area contributed by atoms with E-state index < -0.39 is 0 Å². The topological polar surface area (TPSA) is 43.2 Å². The third-order valence-corrected chi connectivity index (χ3v) is 4.77. The summed E-state index contributed by atoms with van der Waals surface area (Å²) in [6.45, 7) is 1.89. The van der Waals surface area contributed by atoms with E-state index in [1.165, 1.54) is 0 Å². The van der Waals surface area contributed by atoms with Crippen molar-refractivity contribution >= 4 is 46.4 Å². The van der Waals surface area contributed by atoms with Crippen LogP contribution >= 0.6 is 34.8 Å². The molecule has 0 amide bonds. The van der Waals surface area contributed by atoms with E-state index in [4.69, 9.17) is 39.5 Å². The molecule has 0 fully saturated rings. The van der Waals surface area contributed by atoms with E-state index >= 15 is 0 Å². The van der Waals surface area contributed by atoms with Gasteiger partial charge in [0.15, 0.2) is 5.82 Å². The highest BCUT2D eigenvalue weighted by Gasteiger charge is 2.26. The van der Waals surface area contributed by atoms with Crippen LogP contribution in [0.1, 0.15) is 5.82 Å². The minimum atomic E-state index is 0.281. The summed E-state index contributed by atoms with van der Waals surface area (Å²) in [5.74, 6) is 2.11. The second kappa shape index (κ2) is 6.75. The molecule has 0 atom stereocenters. The molecule has 0 saturated heterocycles. The summed E-state index contributed by atoms with van der Waals surface area (Å²) in [6, 6.07) is 12.8. The largest absolute Gasteiger partial charge is 0.484 e. The Hall–Kier alpha value is -1.95. The fourth-order valence-corrected chi connectivity index (χ4v) is 3.35. The lowest BCUT2D eigenvalue weighted by Gasteiger charge is -2.15. The molecule has 0 aliphatic carbocycles. The van der Waals surface area contributed by atoms with E-state index in [0.717, 1.165) is 30.5 Å². The number of hydrogen-bond donors (Lipinski definition) is 0. The number of hydrogen-bond acceptors (Lipinski definition) is 4. The average Bonchev–Trinajstić information content (AvgIpc) is 3.17. The Labute approximate surface area is 159 Å². The van der Waals surface area contributed by atoms with Gasteiger partial charge in [-0.05, 0) is 42.5 Å². The standard InChI is InChI=1S/C17H13Cl3N4O/c18-11-1-4-13(5-2-11)23-7-8-24-16(21-22-17(23)24)10-25-15-6-3-12(19)9-14(15)20/h1-6,9H,7-8,10H2. The van der Waals surface area contributed by atoms with Gasteiger partial charge in [-0.25, -0.2) is 0 Å². The third-order valence-electron chi connectivity index (χ3n) is 3.99. The van der Waals surface area contributed by atoms with Gasteiger partial charge in [0.2, 0.25) is 5.95 Å². The fourth-order valence-electron chi connectivity index (χ4n) is 2.76. The Balaban J connectivity index is 1.52. The first-order chi connectivity index (χ1) is 12.1. The van der Waals surface area contributed by atoms with Crippen LogP contribution in [0.4, 0.5) is 11.6 Å². The molecule has 2 aromatic carbocycles. The first-order valence-electron chi connectivity index (χ1n) is 7.65. The van der Waals surface area contributed by atoms with Crippen LogP contribution in [0.5, 0.6) is 5.75 Å². The van der Waals surface area contributed by atoms with Crippen molar-refractivity contribution in [2.75, 3.05) is 11.4 Å². The summed E-state index contributed by atoms with van der Waals surface area (Å²) in [7, 11) is 0. The molecule has 4 rings (SSSR count). The number of nitrogens with zero attached hydrogens (tertiary/aromatic N) is 4. The maximum Gasteiger partial charge on any atom is 0.231 e. The van der Waals surface area contributed by atoms with Gasteiger partial charge in [0, 0.05) is 28.8 Å². The second-order valence-electron chi connectivity index (χ2n) is 5.56. The molecule has 8 heteroatoms. The number of anilines is 2. The quantitative estimate of drug-likeness (QED) is 0.625. The molecule has 0 saturated carbocycles. The third kappa shape index (κ3) is 3.27. The van der Waals surface area contributed by atoms with Crippen LogP contribution < -0.4 is 9.64 Å². The normalized spacial score (nSPS) is 13.2. The zero-order chi connectivity index (χ0) is 17.4. The summed E-state index contributed by atoms with van der Waals surface area (Å²) >= 11 is 18.0. The average molecular weight is 396 g/mol. The van der Waals surface area contributed by atoms with E-state index in [0.29, 0.717) is 20.8 Å². The van der Waals surface area contributed by atoms with Crippen molar-refractivity contribution in [1.29, 1.82) is 0 Å². The van der Waals surface area contributed by atoms with E-state index in [2.05, 4.69) is 15.1 Å². The van der Waals surface area contributed by atoms with Crippen molar-refractivity contribution in [3.63, 3.8) is 0 Å². The van der Waals surface area contributed by atoms with Gasteiger partial charge in [-0.1, -0.05) is 34.8 Å². The Morgan fingerprint density at radius 3 is 2.44 bits per heavy atom. The molecule has 0 N–H and O–H groups in total. The van der Waals surface area contributed by atoms with Gasteiger partial charge in [0.25, 0.3) is 0 Å². The van der Waals surface area contributed by atoms with Crippen LogP contribution in [0.25, 0.3) is 0 Å². The van der Waals surface area contributed by atoms with Gasteiger partial charge >= 0.3 is 0 Å². The Morgan fingerprint density at radius 1 is 0.920 bits per heavy atom. The van der Waals surface area contributed by atoms with Crippen molar-refractivity contribution < 1.29 is 4.74 Å². The summed E-state index contributed by atoms with van der Waals surface area (Å²) in [5, 5.41) is 10.3. The van der Waals surface area contributed by atoms with Crippen LogP contribution in [0.2, 0.25) is 15.1 Å². The maximum absolute atomic E-state index is 6.13. The SMILES string of the molecule is Clc1ccc(N2CCn3c(COc4ccc(Cl)cc4Cl)nnc32)cc1. The van der Waals surface area contributed by atoms with Crippen LogP contribution in [0.15, 0.2) is 42.5 Å². The molecular formula is C17H13Cl3N4O. The molecule has 25 heavy (non-hydrogen) atoms. The first kappa shape index (κ1) is 16.5. The van der Waals surface area contributed by atoms with E-state index in [1.807, 2.05) is 28.8 Å². The highest BCUT2D eigenvalue weighted by atomic mass is 35.5. The molecule has 0 spiro atoms. The predicted octanol–water partition coefficient (Wildman–Crippen LogP) is 4.97. The first-order valence-corrected chi connectivity index (χ1v) is 8.78. The Kier molecular flexibility index (Phi) is 4.46. The van der Waals surface area contributed by atoms with Gasteiger partial charge in [0.05, 0.1) is 5.02 Å². The van der Waals surface area contributed by atoms with Crippen LogP contribution in [0.3, 0.4) is 0 Å². The van der Waals surface area contributed by atoms with Gasteiger partial charge in [-0.15, -0.1) is 10.2 Å². The minimum absolute atomic E-state index is 0.281. The number of ether oxygens (including phenoxy) is 1. The van der Waals surface area contributed by atoms with Gasteiger partial charge in [0.1, 0.15) is 12.4 Å². The summed E-state index contributed by atoms with van der Waals surface area (Å²) < 4.78 is 7.81. The molecule has 3 aromatic rings. The van der Waals surface area contributed by atoms with Crippen LogP contribution in [-0.2, 0) is 13.2 Å². The van der Waals surface area contributed by atoms with E-state index in [1.54, 1.807) is 18.2 Å². The number of halogens is 3. The molecule has 1 aromatic heterocycles. The lowest BCUT2D eigenvalue weighted by atomic mass is 10.3. The fraction of sp³-hybridized carbons (Fsp3) is 0.176. The predicted molar refractivity (Wildman–Crippen MR) is 99.3 cm³/mol. The highest BCUT2D eigenvalue weighted by molar-refractivity contribution is 6.35. The molecule has 1 aliphatic rings. The van der Waals surface area contributed by atoms with Crippen LogP contribution in [-0.4, -0.2) is 21.3 Å². The Morgan fingerprint density at radius 2 is 1.68 bits per heavy atom. The van der Waals surface area contributed by atoms with E-state index in [9.17, 15) is 0 Å². The number of fused-ring (bicyclic) bond motifs is 1. The maximum atomic E-state index is 6.13. The van der Waals surface area contributed by atoms with Gasteiger partial charge in [-0.3, -0.25) is 4.57 Å². The second-order valence-corrected chi connectivity index (χ2v) is 6.84. The van der Waals surface area contributed by atoms with Crippen molar-refractivity contribution in [3.8, 4) is 5.75 Å². The van der Waals surface area contributed by atoms with Crippen molar-refractivity contribution in [1.82, 2.24) is 14.8 Å². The molecule has 2 heterocycles. The van der Waals surface area contributed by atoms with Gasteiger partial charge < -0.3 is 9.64 Å². The van der Waals surface area contributed by atoms with E-state index in [-0.39, 0.29) is 6.61 Å². The zero-order valence-corrected chi connectivity index (χ0v) is 15.3. The molecule has 0 unspecified atom stereocenters. The number of aromatic nitrogens is 3. The number of benzene rings is 2. The lowest BCUT2D eigenvalue weighted by Crippen LogP contribution is -2.14. The minimum Gasteiger partial charge on any atom is -0.484 e. The number of rotatable bonds is 4. The lowest BCUT2D eigenvalue weighted by molar-refractivity contribution is 0.290. The highest BCUT2D eigenvalue weighted by Crippen LogP contribution is 2.31. The summed E-state index contributed by atoms with van der Waals surface area (Å²) in [6.07, 6.45) is 0. The smallest absolute Gasteiger partial charge is 0.231 e. The molecule has 1 aliphatic heterocycles. The van der Waals surface area contributed by atoms with Crippen molar-refractivity contribution in [3.05, 3.63) is 63.4 Å². The van der Waals surface area contributed by atoms with Crippen molar-refractivity contribution in [2.24, 2.45) is 0 Å². The Bertz CT molecular complexity index is 911. The zero-order valence-electron chi connectivity index (χ0n) is 13.0. The molecular weight excluding hydrogens is 383 g/mol. The van der Waals surface area contributed by atoms with Gasteiger partial charge in [-0.2, -0.15) is 0 Å². The molecule has 128 valence electrons. The van der Waals surface area contributed by atoms with Crippen LogP contribution in [0, 0.1) is 0 Å². The van der Waals surface area contributed by atoms with Crippen molar-refractivity contribution in [2.45, 2.75) is 13.2 Å². The monoisotopic (exact) mass is 394 g/mol.